The fourth-order valence-corrected chi connectivity index (χ4v) is 3.39. The first-order valence-electron chi connectivity index (χ1n) is 9.57. The maximum atomic E-state index is 13.0. The second-order valence-electron chi connectivity index (χ2n) is 6.47. The Labute approximate surface area is 170 Å². The number of amides is 1. The smallest absolute Gasteiger partial charge is 0.254 e. The second kappa shape index (κ2) is 9.64. The molecule has 0 aliphatic carbocycles. The molecule has 1 saturated heterocycles. The van der Waals surface area contributed by atoms with E-state index in [-0.39, 0.29) is 12.0 Å². The summed E-state index contributed by atoms with van der Waals surface area (Å²) in [4.78, 5) is 18.8. The Morgan fingerprint density at radius 2 is 1.96 bits per heavy atom. The van der Waals surface area contributed by atoms with Gasteiger partial charge in [0.25, 0.3) is 5.91 Å². The van der Waals surface area contributed by atoms with Crippen LogP contribution >= 0.6 is 11.6 Å². The van der Waals surface area contributed by atoms with E-state index >= 15 is 0 Å². The molecule has 1 aromatic carbocycles. The van der Waals surface area contributed by atoms with Crippen molar-refractivity contribution in [3.05, 3.63) is 47.2 Å². The van der Waals surface area contributed by atoms with Crippen LogP contribution in [0.5, 0.6) is 17.2 Å². The highest BCUT2D eigenvalue weighted by Gasteiger charge is 2.26. The number of piperidine rings is 1. The van der Waals surface area contributed by atoms with E-state index in [1.807, 2.05) is 18.7 Å². The van der Waals surface area contributed by atoms with Crippen molar-refractivity contribution in [1.82, 2.24) is 9.88 Å². The Morgan fingerprint density at radius 3 is 2.71 bits per heavy atom. The molecule has 3 rings (SSSR count). The van der Waals surface area contributed by atoms with Gasteiger partial charge in [0, 0.05) is 30.6 Å². The number of rotatable bonds is 7. The Kier molecular flexibility index (Phi) is 6.98. The van der Waals surface area contributed by atoms with E-state index in [1.165, 1.54) is 0 Å². The zero-order valence-electron chi connectivity index (χ0n) is 16.2. The molecule has 1 aliphatic heterocycles. The van der Waals surface area contributed by atoms with Gasteiger partial charge in [0.05, 0.1) is 19.8 Å². The van der Waals surface area contributed by atoms with E-state index in [1.54, 1.807) is 36.7 Å². The predicted molar refractivity (Wildman–Crippen MR) is 108 cm³/mol. The first-order valence-corrected chi connectivity index (χ1v) is 9.95. The first-order chi connectivity index (χ1) is 13.6. The standard InChI is InChI=1S/C21H25ClN2O4/c1-3-26-19-8-7-15(12-20(19)27-4-2)21(25)24-11-5-6-16(14-24)28-18-9-10-23-13-17(18)22/h7-10,12-13,16H,3-6,11,14H2,1-2H3. The summed E-state index contributed by atoms with van der Waals surface area (Å²) in [5.74, 6) is 1.78. The number of nitrogens with zero attached hydrogens (tertiary/aromatic N) is 2. The number of halogens is 1. The number of carbonyl (C=O) groups is 1. The SMILES string of the molecule is CCOc1ccc(C(=O)N2CCCC(Oc3ccncc3Cl)C2)cc1OCC. The number of likely N-dealkylation sites (tertiary alicyclic amines) is 1. The summed E-state index contributed by atoms with van der Waals surface area (Å²) in [7, 11) is 0. The van der Waals surface area contributed by atoms with Crippen LogP contribution in [-0.4, -0.2) is 48.2 Å². The fraction of sp³-hybridized carbons (Fsp3) is 0.429. The van der Waals surface area contributed by atoms with Gasteiger partial charge in [-0.05, 0) is 44.9 Å². The molecule has 150 valence electrons. The van der Waals surface area contributed by atoms with Gasteiger partial charge in [-0.3, -0.25) is 9.78 Å². The number of aromatic nitrogens is 1. The molecule has 1 aliphatic rings. The summed E-state index contributed by atoms with van der Waals surface area (Å²) < 4.78 is 17.2. The van der Waals surface area contributed by atoms with Crippen molar-refractivity contribution < 1.29 is 19.0 Å². The van der Waals surface area contributed by atoms with Gasteiger partial charge in [-0.2, -0.15) is 0 Å². The molecule has 1 aromatic heterocycles. The van der Waals surface area contributed by atoms with Crippen molar-refractivity contribution in [3.63, 3.8) is 0 Å². The average molecular weight is 405 g/mol. The summed E-state index contributed by atoms with van der Waals surface area (Å²) in [5, 5.41) is 0.471. The normalized spacial score (nSPS) is 16.5. The van der Waals surface area contributed by atoms with Crippen LogP contribution in [0, 0.1) is 0 Å². The number of ether oxygens (including phenoxy) is 3. The summed E-state index contributed by atoms with van der Waals surface area (Å²) in [6.45, 7) is 6.06. The average Bonchev–Trinajstić information content (AvgIpc) is 2.71. The van der Waals surface area contributed by atoms with Crippen molar-refractivity contribution in [2.45, 2.75) is 32.8 Å². The molecular weight excluding hydrogens is 380 g/mol. The van der Waals surface area contributed by atoms with Crippen LogP contribution in [0.4, 0.5) is 0 Å². The second-order valence-corrected chi connectivity index (χ2v) is 6.87. The summed E-state index contributed by atoms with van der Waals surface area (Å²) in [5.41, 5.74) is 0.578. The largest absolute Gasteiger partial charge is 0.490 e. The molecule has 1 unspecified atom stereocenters. The van der Waals surface area contributed by atoms with Gasteiger partial charge in [-0.25, -0.2) is 0 Å². The third-order valence-electron chi connectivity index (χ3n) is 4.48. The molecule has 1 amide bonds. The molecule has 1 atom stereocenters. The topological polar surface area (TPSA) is 60.9 Å². The van der Waals surface area contributed by atoms with E-state index in [4.69, 9.17) is 25.8 Å². The third kappa shape index (κ3) is 4.87. The highest BCUT2D eigenvalue weighted by atomic mass is 35.5. The van der Waals surface area contributed by atoms with Crippen molar-refractivity contribution in [2.24, 2.45) is 0 Å². The molecule has 2 aromatic rings. The molecule has 0 bridgehead atoms. The van der Waals surface area contributed by atoms with Crippen molar-refractivity contribution in [1.29, 1.82) is 0 Å². The molecule has 0 spiro atoms. The van der Waals surface area contributed by atoms with Gasteiger partial charge < -0.3 is 19.1 Å². The molecule has 2 heterocycles. The molecule has 7 heteroatoms. The number of pyridine rings is 1. The van der Waals surface area contributed by atoms with E-state index in [2.05, 4.69) is 4.98 Å². The number of hydrogen-bond donors (Lipinski definition) is 0. The van der Waals surface area contributed by atoms with E-state index < -0.39 is 0 Å². The van der Waals surface area contributed by atoms with Crippen LogP contribution in [0.15, 0.2) is 36.7 Å². The van der Waals surface area contributed by atoms with Crippen LogP contribution in [0.2, 0.25) is 5.02 Å². The van der Waals surface area contributed by atoms with Crippen LogP contribution in [-0.2, 0) is 0 Å². The maximum Gasteiger partial charge on any atom is 0.254 e. The van der Waals surface area contributed by atoms with Gasteiger partial charge in [0.1, 0.15) is 16.9 Å². The predicted octanol–water partition coefficient (Wildman–Crippen LogP) is 4.22. The Balaban J connectivity index is 1.71. The molecule has 28 heavy (non-hydrogen) atoms. The first kappa shape index (κ1) is 20.3. The van der Waals surface area contributed by atoms with Crippen LogP contribution in [0.25, 0.3) is 0 Å². The molecule has 6 nitrogen and oxygen atoms in total. The number of benzene rings is 1. The van der Waals surface area contributed by atoms with Gasteiger partial charge in [-0.1, -0.05) is 11.6 Å². The van der Waals surface area contributed by atoms with Crippen LogP contribution < -0.4 is 14.2 Å². The van der Waals surface area contributed by atoms with Gasteiger partial charge >= 0.3 is 0 Å². The molecule has 0 N–H and O–H groups in total. The summed E-state index contributed by atoms with van der Waals surface area (Å²) in [6, 6.07) is 7.06. The lowest BCUT2D eigenvalue weighted by Crippen LogP contribution is -2.44. The minimum absolute atomic E-state index is 0.0434. The molecule has 0 saturated carbocycles. The quantitative estimate of drug-likeness (QED) is 0.691. The lowest BCUT2D eigenvalue weighted by atomic mass is 10.1. The Bertz CT molecular complexity index is 815. The number of hydrogen-bond acceptors (Lipinski definition) is 5. The Morgan fingerprint density at radius 1 is 1.18 bits per heavy atom. The molecule has 0 radical (unpaired) electrons. The molecular formula is C21H25ClN2O4. The summed E-state index contributed by atoms with van der Waals surface area (Å²) >= 11 is 6.13. The van der Waals surface area contributed by atoms with Crippen LogP contribution in [0.1, 0.15) is 37.0 Å². The monoisotopic (exact) mass is 404 g/mol. The lowest BCUT2D eigenvalue weighted by Gasteiger charge is -2.33. The van der Waals surface area contributed by atoms with Crippen molar-refractivity contribution in [2.75, 3.05) is 26.3 Å². The fourth-order valence-electron chi connectivity index (χ4n) is 3.22. The minimum Gasteiger partial charge on any atom is -0.490 e. The van der Waals surface area contributed by atoms with E-state index in [0.717, 1.165) is 12.8 Å². The van der Waals surface area contributed by atoms with Gasteiger partial charge in [0.2, 0.25) is 0 Å². The minimum atomic E-state index is -0.105. The van der Waals surface area contributed by atoms with Crippen molar-refractivity contribution >= 4 is 17.5 Å². The summed E-state index contributed by atoms with van der Waals surface area (Å²) in [6.07, 6.45) is 4.83. The highest BCUT2D eigenvalue weighted by Crippen LogP contribution is 2.30. The van der Waals surface area contributed by atoms with Gasteiger partial charge in [-0.15, -0.1) is 0 Å². The van der Waals surface area contributed by atoms with Gasteiger partial charge in [0.15, 0.2) is 11.5 Å². The van der Waals surface area contributed by atoms with Crippen molar-refractivity contribution in [3.8, 4) is 17.2 Å². The highest BCUT2D eigenvalue weighted by molar-refractivity contribution is 6.31. The third-order valence-corrected chi connectivity index (χ3v) is 4.77. The zero-order chi connectivity index (χ0) is 19.9. The van der Waals surface area contributed by atoms with E-state index in [0.29, 0.717) is 54.1 Å². The van der Waals surface area contributed by atoms with E-state index in [9.17, 15) is 4.79 Å². The lowest BCUT2D eigenvalue weighted by molar-refractivity contribution is 0.0537. The molecule has 1 fully saturated rings. The number of carbonyl (C=O) groups excluding carboxylic acids is 1. The van der Waals surface area contributed by atoms with Crippen LogP contribution in [0.3, 0.4) is 0 Å². The Hall–Kier alpha value is -2.47. The zero-order valence-corrected chi connectivity index (χ0v) is 16.9. The maximum absolute atomic E-state index is 13.0.